The fraction of sp³-hybridized carbons (Fsp3) is 0.370. The fourth-order valence-corrected chi connectivity index (χ4v) is 6.83. The zero-order valence-electron chi connectivity index (χ0n) is 19.2. The number of rotatable bonds is 3. The summed E-state index contributed by atoms with van der Waals surface area (Å²) in [4.78, 5) is 16.4. The van der Waals surface area contributed by atoms with Crippen LogP contribution in [-0.2, 0) is 17.6 Å². The molecule has 1 aliphatic heterocycles. The number of nitrogens with two attached hydrogens (primary N) is 1. The fourth-order valence-electron chi connectivity index (χ4n) is 5.45. The van der Waals surface area contributed by atoms with Gasteiger partial charge < -0.3 is 10.5 Å². The lowest BCUT2D eigenvalue weighted by molar-refractivity contribution is -0.116. The molecule has 3 aliphatic rings. The number of thiophene rings is 1. The molecule has 0 saturated heterocycles. The van der Waals surface area contributed by atoms with Gasteiger partial charge in [-0.05, 0) is 61.8 Å². The van der Waals surface area contributed by atoms with Crippen LogP contribution in [0.2, 0.25) is 0 Å². The molecular weight excluding hydrogens is 444 g/mol. The van der Waals surface area contributed by atoms with Gasteiger partial charge in [0.2, 0.25) is 0 Å². The molecule has 0 radical (unpaired) electrons. The van der Waals surface area contributed by atoms with Gasteiger partial charge in [-0.1, -0.05) is 18.6 Å². The van der Waals surface area contributed by atoms with E-state index in [9.17, 15) is 15.3 Å². The Balaban J connectivity index is 1.72. The molecule has 7 heteroatoms. The van der Waals surface area contributed by atoms with Crippen LogP contribution in [0.1, 0.15) is 66.0 Å². The molecule has 6 nitrogen and oxygen atoms in total. The van der Waals surface area contributed by atoms with Crippen LogP contribution in [0.25, 0.3) is 0 Å². The minimum atomic E-state index is -0.515. The van der Waals surface area contributed by atoms with Gasteiger partial charge in [-0.2, -0.15) is 10.5 Å². The average Bonchev–Trinajstić information content (AvgIpc) is 3.03. The van der Waals surface area contributed by atoms with Crippen molar-refractivity contribution in [1.82, 2.24) is 0 Å². The standard InChI is InChI=1S/C27H26N4O2S/c1-33-17-12-10-16(11-13-17)24-20(15-29)26(30)31(21-7-5-8-22(32)25(21)24)27-19(14-28)18-6-3-2-4-9-23(18)34-27/h10-13,24H,2-9,30H2,1H3. The number of ether oxygens (including phenoxy) is 1. The number of fused-ring (bicyclic) bond motifs is 1. The Morgan fingerprint density at radius 3 is 2.50 bits per heavy atom. The summed E-state index contributed by atoms with van der Waals surface area (Å²) in [5.41, 5.74) is 11.2. The number of hydrogen-bond donors (Lipinski definition) is 1. The Kier molecular flexibility index (Phi) is 5.89. The van der Waals surface area contributed by atoms with Crippen molar-refractivity contribution < 1.29 is 9.53 Å². The summed E-state index contributed by atoms with van der Waals surface area (Å²) >= 11 is 1.60. The van der Waals surface area contributed by atoms with Gasteiger partial charge in [-0.3, -0.25) is 9.69 Å². The molecule has 2 aliphatic carbocycles. The summed E-state index contributed by atoms with van der Waals surface area (Å²) in [5, 5.41) is 21.1. The minimum Gasteiger partial charge on any atom is -0.497 e. The first-order valence-electron chi connectivity index (χ1n) is 11.7. The smallest absolute Gasteiger partial charge is 0.161 e. The highest BCUT2D eigenvalue weighted by Crippen LogP contribution is 2.50. The van der Waals surface area contributed by atoms with E-state index >= 15 is 0 Å². The highest BCUT2D eigenvalue weighted by atomic mass is 32.1. The molecule has 2 N–H and O–H groups in total. The van der Waals surface area contributed by atoms with Crippen LogP contribution < -0.4 is 15.4 Å². The summed E-state index contributed by atoms with van der Waals surface area (Å²) < 4.78 is 5.29. The first kappa shape index (κ1) is 22.3. The van der Waals surface area contributed by atoms with Gasteiger partial charge in [0.15, 0.2) is 5.78 Å². The SMILES string of the molecule is COc1ccc(C2C(C#N)=C(N)N(c3sc4c(c3C#N)CCCCC4)C3=C2C(=O)CCC3)cc1. The van der Waals surface area contributed by atoms with Gasteiger partial charge in [-0.25, -0.2) is 0 Å². The third kappa shape index (κ3) is 3.48. The highest BCUT2D eigenvalue weighted by Gasteiger charge is 2.41. The normalized spacial score (nSPS) is 20.3. The monoisotopic (exact) mass is 470 g/mol. The molecule has 5 rings (SSSR count). The van der Waals surface area contributed by atoms with Gasteiger partial charge >= 0.3 is 0 Å². The van der Waals surface area contributed by atoms with Crippen LogP contribution >= 0.6 is 11.3 Å². The summed E-state index contributed by atoms with van der Waals surface area (Å²) in [6, 6.07) is 12.2. The highest BCUT2D eigenvalue weighted by molar-refractivity contribution is 7.16. The van der Waals surface area contributed by atoms with E-state index < -0.39 is 5.92 Å². The second-order valence-electron chi connectivity index (χ2n) is 8.95. The molecule has 0 spiro atoms. The molecule has 2 heterocycles. The van der Waals surface area contributed by atoms with E-state index in [2.05, 4.69) is 12.1 Å². The lowest BCUT2D eigenvalue weighted by Crippen LogP contribution is -2.38. The third-order valence-electron chi connectivity index (χ3n) is 7.08. The van der Waals surface area contributed by atoms with E-state index in [1.54, 1.807) is 18.4 Å². The maximum atomic E-state index is 13.3. The number of allylic oxidation sites excluding steroid dienone is 3. The van der Waals surface area contributed by atoms with E-state index in [-0.39, 0.29) is 5.78 Å². The largest absolute Gasteiger partial charge is 0.497 e. The van der Waals surface area contributed by atoms with E-state index in [4.69, 9.17) is 10.5 Å². The number of methoxy groups -OCH3 is 1. The zero-order chi connectivity index (χ0) is 23.8. The predicted octanol–water partition coefficient (Wildman–Crippen LogP) is 5.20. The molecule has 2 aromatic rings. The van der Waals surface area contributed by atoms with Crippen molar-refractivity contribution in [2.75, 3.05) is 12.0 Å². The molecule has 0 bridgehead atoms. The van der Waals surface area contributed by atoms with Crippen molar-refractivity contribution in [2.24, 2.45) is 5.73 Å². The van der Waals surface area contributed by atoms with Crippen molar-refractivity contribution >= 4 is 22.1 Å². The second kappa shape index (κ2) is 9.00. The number of anilines is 1. The summed E-state index contributed by atoms with van der Waals surface area (Å²) in [6.07, 6.45) is 7.04. The Morgan fingerprint density at radius 2 is 1.79 bits per heavy atom. The Bertz CT molecular complexity index is 1300. The molecule has 34 heavy (non-hydrogen) atoms. The third-order valence-corrected chi connectivity index (χ3v) is 8.36. The molecule has 0 amide bonds. The number of nitriles is 2. The van der Waals surface area contributed by atoms with Crippen LogP contribution in [0.5, 0.6) is 5.75 Å². The van der Waals surface area contributed by atoms with Gasteiger partial charge in [0.05, 0.1) is 30.2 Å². The number of ketones is 1. The topological polar surface area (TPSA) is 103 Å². The first-order valence-corrected chi connectivity index (χ1v) is 12.5. The average molecular weight is 471 g/mol. The van der Waals surface area contributed by atoms with Crippen molar-refractivity contribution in [1.29, 1.82) is 10.5 Å². The van der Waals surface area contributed by atoms with E-state index in [0.717, 1.165) is 53.9 Å². The number of carbonyl (C=O) groups excluding carboxylic acids is 1. The van der Waals surface area contributed by atoms with Crippen molar-refractivity contribution in [3.05, 3.63) is 68.5 Å². The summed E-state index contributed by atoms with van der Waals surface area (Å²) in [6.45, 7) is 0. The van der Waals surface area contributed by atoms with Crippen molar-refractivity contribution in [3.63, 3.8) is 0 Å². The molecule has 0 fully saturated rings. The minimum absolute atomic E-state index is 0.0453. The van der Waals surface area contributed by atoms with E-state index in [0.29, 0.717) is 41.1 Å². The Labute approximate surface area is 203 Å². The molecule has 1 unspecified atom stereocenters. The van der Waals surface area contributed by atoms with Crippen LogP contribution in [0.4, 0.5) is 5.00 Å². The summed E-state index contributed by atoms with van der Waals surface area (Å²) in [7, 11) is 1.60. The molecular formula is C27H26N4O2S. The number of nitrogens with zero attached hydrogens (tertiary/aromatic N) is 3. The van der Waals surface area contributed by atoms with Crippen LogP contribution in [0.3, 0.4) is 0 Å². The van der Waals surface area contributed by atoms with Crippen LogP contribution in [-0.4, -0.2) is 12.9 Å². The zero-order valence-corrected chi connectivity index (χ0v) is 20.0. The first-order chi connectivity index (χ1) is 16.6. The van der Waals surface area contributed by atoms with Crippen LogP contribution in [0, 0.1) is 22.7 Å². The molecule has 1 atom stereocenters. The van der Waals surface area contributed by atoms with E-state index in [1.807, 2.05) is 29.2 Å². The lowest BCUT2D eigenvalue weighted by atomic mass is 9.75. The quantitative estimate of drug-likeness (QED) is 0.618. The number of benzene rings is 1. The van der Waals surface area contributed by atoms with Gasteiger partial charge in [0.25, 0.3) is 0 Å². The predicted molar refractivity (Wildman–Crippen MR) is 131 cm³/mol. The van der Waals surface area contributed by atoms with Gasteiger partial charge in [-0.15, -0.1) is 11.3 Å². The number of carbonyl (C=O) groups is 1. The lowest BCUT2D eigenvalue weighted by Gasteiger charge is -2.39. The van der Waals surface area contributed by atoms with E-state index in [1.165, 1.54) is 11.3 Å². The number of Topliss-reactive ketones (excluding diaryl/α,β-unsaturated/α-hetero) is 1. The van der Waals surface area contributed by atoms with Gasteiger partial charge in [0, 0.05) is 22.6 Å². The number of hydrogen-bond acceptors (Lipinski definition) is 7. The molecule has 172 valence electrons. The van der Waals surface area contributed by atoms with Gasteiger partial charge in [0.1, 0.15) is 22.6 Å². The van der Waals surface area contributed by atoms with Crippen molar-refractivity contribution in [2.45, 2.75) is 57.3 Å². The maximum absolute atomic E-state index is 13.3. The molecule has 0 saturated carbocycles. The summed E-state index contributed by atoms with van der Waals surface area (Å²) in [5.74, 6) is 0.562. The van der Waals surface area contributed by atoms with Crippen molar-refractivity contribution in [3.8, 4) is 17.9 Å². The second-order valence-corrected chi connectivity index (χ2v) is 10.0. The van der Waals surface area contributed by atoms with Crippen LogP contribution in [0.15, 0.2) is 46.9 Å². The Morgan fingerprint density at radius 1 is 1.03 bits per heavy atom. The molecule has 1 aromatic heterocycles. The maximum Gasteiger partial charge on any atom is 0.161 e. The molecule has 1 aromatic carbocycles. The number of aryl methyl sites for hydroxylation is 1. The Hall–Kier alpha value is -3.55.